The molecule has 0 atom stereocenters. The molecular weight excluding hydrogens is 232 g/mol. The van der Waals surface area contributed by atoms with Gasteiger partial charge in [0.15, 0.2) is 0 Å². The molecule has 0 aromatic rings. The van der Waals surface area contributed by atoms with E-state index in [1.54, 1.807) is 0 Å². The van der Waals surface area contributed by atoms with Gasteiger partial charge in [0.1, 0.15) is 0 Å². The van der Waals surface area contributed by atoms with E-state index in [0.717, 1.165) is 24.2 Å². The van der Waals surface area contributed by atoms with Gasteiger partial charge in [-0.25, -0.2) is 0 Å². The SMILES string of the molecule is C=N/C(C)=C\C=C(/CCC1(CCNC)CC1)C(=C)C. The molecule has 2 nitrogen and oxygen atoms in total. The average molecular weight is 260 g/mol. The van der Waals surface area contributed by atoms with Gasteiger partial charge in [0.25, 0.3) is 0 Å². The van der Waals surface area contributed by atoms with E-state index < -0.39 is 0 Å². The number of hydrogen-bond acceptors (Lipinski definition) is 2. The van der Waals surface area contributed by atoms with Crippen LogP contribution in [0.25, 0.3) is 0 Å². The smallest absolute Gasteiger partial charge is 0.0365 e. The molecule has 1 aliphatic carbocycles. The molecule has 0 bridgehead atoms. The maximum Gasteiger partial charge on any atom is 0.0365 e. The van der Waals surface area contributed by atoms with Crippen LogP contribution in [0.1, 0.15) is 46.0 Å². The zero-order valence-corrected chi connectivity index (χ0v) is 12.8. The lowest BCUT2D eigenvalue weighted by Gasteiger charge is -2.16. The molecule has 1 saturated carbocycles. The topological polar surface area (TPSA) is 24.4 Å². The molecule has 19 heavy (non-hydrogen) atoms. The van der Waals surface area contributed by atoms with E-state index >= 15 is 0 Å². The van der Waals surface area contributed by atoms with Gasteiger partial charge < -0.3 is 5.32 Å². The Bertz CT molecular complexity index is 384. The van der Waals surface area contributed by atoms with Crippen LogP contribution in [0.2, 0.25) is 0 Å². The van der Waals surface area contributed by atoms with Crippen molar-refractivity contribution in [1.82, 2.24) is 5.32 Å². The molecule has 1 aliphatic rings. The highest BCUT2D eigenvalue weighted by atomic mass is 14.8. The summed E-state index contributed by atoms with van der Waals surface area (Å²) in [7, 11) is 2.03. The molecule has 2 heteroatoms. The summed E-state index contributed by atoms with van der Waals surface area (Å²) in [6, 6.07) is 0. The van der Waals surface area contributed by atoms with Crippen LogP contribution >= 0.6 is 0 Å². The standard InChI is InChI=1S/C17H28N2/c1-14(2)16(7-6-15(3)19-5)8-9-17(10-11-17)12-13-18-4/h6-7,18H,1,5,8-13H2,2-4H3/b15-6-,16-7+. The van der Waals surface area contributed by atoms with Crippen molar-refractivity contribution in [3.05, 3.63) is 35.6 Å². The maximum absolute atomic E-state index is 4.09. The van der Waals surface area contributed by atoms with Crippen molar-refractivity contribution >= 4 is 6.72 Å². The van der Waals surface area contributed by atoms with Crippen molar-refractivity contribution in [3.63, 3.8) is 0 Å². The first kappa shape index (κ1) is 15.9. The Kier molecular flexibility index (Phi) is 6.23. The molecule has 0 aromatic carbocycles. The van der Waals surface area contributed by atoms with Crippen LogP contribution in [-0.4, -0.2) is 20.3 Å². The predicted molar refractivity (Wildman–Crippen MR) is 85.6 cm³/mol. The Balaban J connectivity index is 2.56. The van der Waals surface area contributed by atoms with Crippen molar-refractivity contribution in [2.24, 2.45) is 10.4 Å². The fourth-order valence-corrected chi connectivity index (χ4v) is 2.30. The Labute approximate surface area is 118 Å². The Morgan fingerprint density at radius 3 is 2.42 bits per heavy atom. The van der Waals surface area contributed by atoms with E-state index in [9.17, 15) is 0 Å². The third-order valence-electron chi connectivity index (χ3n) is 4.11. The Morgan fingerprint density at radius 2 is 1.95 bits per heavy atom. The van der Waals surface area contributed by atoms with Gasteiger partial charge in [0.2, 0.25) is 0 Å². The zero-order chi connectivity index (χ0) is 14.3. The van der Waals surface area contributed by atoms with Crippen LogP contribution < -0.4 is 5.32 Å². The summed E-state index contributed by atoms with van der Waals surface area (Å²) >= 11 is 0. The minimum Gasteiger partial charge on any atom is -0.320 e. The molecular formula is C17H28N2. The molecule has 0 radical (unpaired) electrons. The van der Waals surface area contributed by atoms with E-state index in [1.165, 1.54) is 31.3 Å². The highest BCUT2D eigenvalue weighted by molar-refractivity contribution is 5.34. The average Bonchev–Trinajstić information content (AvgIpc) is 3.16. The number of aliphatic imine (C=N–C) groups is 1. The summed E-state index contributed by atoms with van der Waals surface area (Å²) in [5.74, 6) is 0. The molecule has 0 aromatic heterocycles. The van der Waals surface area contributed by atoms with E-state index in [1.807, 2.05) is 20.0 Å². The van der Waals surface area contributed by atoms with Crippen LogP contribution in [0.5, 0.6) is 0 Å². The molecule has 0 amide bonds. The van der Waals surface area contributed by atoms with Gasteiger partial charge in [-0.05, 0) is 83.3 Å². The first-order valence-electron chi connectivity index (χ1n) is 7.18. The lowest BCUT2D eigenvalue weighted by atomic mass is 9.91. The van der Waals surface area contributed by atoms with Crippen LogP contribution in [0, 0.1) is 5.41 Å². The first-order chi connectivity index (χ1) is 9.03. The minimum absolute atomic E-state index is 0.604. The molecule has 0 heterocycles. The largest absolute Gasteiger partial charge is 0.320 e. The summed E-state index contributed by atoms with van der Waals surface area (Å²) in [6.45, 7) is 12.8. The molecule has 0 aliphatic heterocycles. The van der Waals surface area contributed by atoms with Crippen molar-refractivity contribution < 1.29 is 0 Å². The van der Waals surface area contributed by atoms with Crippen LogP contribution in [0.4, 0.5) is 0 Å². The van der Waals surface area contributed by atoms with Crippen molar-refractivity contribution in [2.75, 3.05) is 13.6 Å². The minimum atomic E-state index is 0.604. The van der Waals surface area contributed by atoms with Crippen LogP contribution in [-0.2, 0) is 0 Å². The monoisotopic (exact) mass is 260 g/mol. The molecule has 0 saturated heterocycles. The van der Waals surface area contributed by atoms with Gasteiger partial charge in [0, 0.05) is 5.70 Å². The van der Waals surface area contributed by atoms with E-state index in [-0.39, 0.29) is 0 Å². The van der Waals surface area contributed by atoms with Crippen molar-refractivity contribution in [1.29, 1.82) is 0 Å². The highest BCUT2D eigenvalue weighted by Crippen LogP contribution is 2.53. The van der Waals surface area contributed by atoms with Gasteiger partial charge in [0.05, 0.1) is 0 Å². The molecule has 1 fully saturated rings. The third-order valence-corrected chi connectivity index (χ3v) is 4.11. The molecule has 0 spiro atoms. The van der Waals surface area contributed by atoms with E-state index in [0.29, 0.717) is 5.41 Å². The maximum atomic E-state index is 4.09. The van der Waals surface area contributed by atoms with Gasteiger partial charge in [-0.15, -0.1) is 0 Å². The van der Waals surface area contributed by atoms with Gasteiger partial charge in [-0.1, -0.05) is 18.2 Å². The summed E-state index contributed by atoms with van der Waals surface area (Å²) in [5.41, 5.74) is 4.07. The summed E-state index contributed by atoms with van der Waals surface area (Å²) in [4.78, 5) is 3.91. The zero-order valence-electron chi connectivity index (χ0n) is 12.8. The quantitative estimate of drug-likeness (QED) is 0.486. The van der Waals surface area contributed by atoms with Gasteiger partial charge >= 0.3 is 0 Å². The second-order valence-electron chi connectivity index (χ2n) is 5.79. The Hall–Kier alpha value is -1.15. The van der Waals surface area contributed by atoms with Crippen LogP contribution in [0.15, 0.2) is 40.6 Å². The van der Waals surface area contributed by atoms with Gasteiger partial charge in [-0.3, -0.25) is 4.99 Å². The fourth-order valence-electron chi connectivity index (χ4n) is 2.30. The Morgan fingerprint density at radius 1 is 1.26 bits per heavy atom. The molecule has 106 valence electrons. The number of hydrogen-bond donors (Lipinski definition) is 1. The number of rotatable bonds is 9. The lowest BCUT2D eigenvalue weighted by Crippen LogP contribution is -2.14. The third kappa shape index (κ3) is 5.56. The number of allylic oxidation sites excluding steroid dienone is 5. The van der Waals surface area contributed by atoms with E-state index in [4.69, 9.17) is 0 Å². The summed E-state index contributed by atoms with van der Waals surface area (Å²) in [5, 5.41) is 3.26. The normalized spacial score (nSPS) is 18.3. The molecule has 1 rings (SSSR count). The first-order valence-corrected chi connectivity index (χ1v) is 7.18. The number of nitrogens with one attached hydrogen (secondary N) is 1. The summed E-state index contributed by atoms with van der Waals surface area (Å²) < 4.78 is 0. The second kappa shape index (κ2) is 7.44. The summed E-state index contributed by atoms with van der Waals surface area (Å²) in [6.07, 6.45) is 10.7. The second-order valence-corrected chi connectivity index (χ2v) is 5.79. The molecule has 0 unspecified atom stereocenters. The van der Waals surface area contributed by atoms with E-state index in [2.05, 4.69) is 36.6 Å². The van der Waals surface area contributed by atoms with Crippen LogP contribution in [0.3, 0.4) is 0 Å². The van der Waals surface area contributed by atoms with Gasteiger partial charge in [-0.2, -0.15) is 0 Å². The lowest BCUT2D eigenvalue weighted by molar-refractivity contribution is 0.422. The highest BCUT2D eigenvalue weighted by Gasteiger charge is 2.40. The fraction of sp³-hybridized carbons (Fsp3) is 0.588. The molecule has 1 N–H and O–H groups in total. The van der Waals surface area contributed by atoms with Crippen molar-refractivity contribution in [2.45, 2.75) is 46.0 Å². The van der Waals surface area contributed by atoms with Crippen molar-refractivity contribution in [3.8, 4) is 0 Å². The predicted octanol–water partition coefficient (Wildman–Crippen LogP) is 4.26. The number of nitrogens with zero attached hydrogens (tertiary/aromatic N) is 1.